The van der Waals surface area contributed by atoms with E-state index in [0.717, 1.165) is 9.87 Å². The highest BCUT2D eigenvalue weighted by Crippen LogP contribution is 2.22. The molecule has 1 heterocycles. The van der Waals surface area contributed by atoms with Crippen LogP contribution in [0.5, 0.6) is 0 Å². The predicted octanol–water partition coefficient (Wildman–Crippen LogP) is 2.90. The van der Waals surface area contributed by atoms with Gasteiger partial charge in [0.25, 0.3) is 5.91 Å². The number of carbonyl (C=O) groups is 2. The summed E-state index contributed by atoms with van der Waals surface area (Å²) < 4.78 is 33.0. The van der Waals surface area contributed by atoms with Gasteiger partial charge in [0.05, 0.1) is 22.8 Å². The fourth-order valence-electron chi connectivity index (χ4n) is 3.46. The SMILES string of the molecule is Cc1ccc(NC(=O)COC(=O)c2c(C)nn(Cc3ccccc3)c2C)cc1S(=O)(=O)N(C)C. The zero-order valence-corrected chi connectivity index (χ0v) is 20.6. The van der Waals surface area contributed by atoms with Gasteiger partial charge in [0.2, 0.25) is 10.0 Å². The van der Waals surface area contributed by atoms with Crippen LogP contribution >= 0.6 is 0 Å². The second-order valence-electron chi connectivity index (χ2n) is 8.08. The first-order valence-corrected chi connectivity index (χ1v) is 12.0. The van der Waals surface area contributed by atoms with Gasteiger partial charge in [-0.1, -0.05) is 36.4 Å². The van der Waals surface area contributed by atoms with Crippen LogP contribution in [0.25, 0.3) is 0 Å². The Morgan fingerprint density at radius 2 is 1.74 bits per heavy atom. The third-order valence-corrected chi connectivity index (χ3v) is 7.28. The molecular formula is C24H28N4O5S. The summed E-state index contributed by atoms with van der Waals surface area (Å²) in [6.07, 6.45) is 0. The Morgan fingerprint density at radius 3 is 2.38 bits per heavy atom. The molecule has 0 bridgehead atoms. The van der Waals surface area contributed by atoms with Crippen LogP contribution in [0.1, 0.15) is 32.9 Å². The molecule has 0 radical (unpaired) electrons. The van der Waals surface area contributed by atoms with Gasteiger partial charge in [0.1, 0.15) is 5.56 Å². The first-order chi connectivity index (χ1) is 16.0. The molecule has 0 saturated carbocycles. The van der Waals surface area contributed by atoms with Crippen molar-refractivity contribution in [3.8, 4) is 0 Å². The van der Waals surface area contributed by atoms with Gasteiger partial charge in [-0.05, 0) is 44.0 Å². The number of aryl methyl sites for hydroxylation is 2. The largest absolute Gasteiger partial charge is 0.452 e. The van der Waals surface area contributed by atoms with Crippen LogP contribution in [-0.4, -0.2) is 55.1 Å². The van der Waals surface area contributed by atoms with Crippen molar-refractivity contribution in [1.29, 1.82) is 0 Å². The first-order valence-electron chi connectivity index (χ1n) is 10.6. The number of anilines is 1. The Kier molecular flexibility index (Phi) is 7.53. The maximum absolute atomic E-state index is 12.7. The normalized spacial score (nSPS) is 11.5. The maximum atomic E-state index is 12.7. The molecular weight excluding hydrogens is 456 g/mol. The molecule has 1 aromatic heterocycles. The molecule has 0 aliphatic heterocycles. The van der Waals surface area contributed by atoms with Gasteiger partial charge < -0.3 is 10.1 Å². The summed E-state index contributed by atoms with van der Waals surface area (Å²) in [5.74, 6) is -1.23. The van der Waals surface area contributed by atoms with Crippen molar-refractivity contribution in [2.75, 3.05) is 26.0 Å². The molecule has 10 heteroatoms. The van der Waals surface area contributed by atoms with E-state index in [4.69, 9.17) is 4.74 Å². The van der Waals surface area contributed by atoms with E-state index < -0.39 is 28.5 Å². The third kappa shape index (κ3) is 5.52. The number of aromatic nitrogens is 2. The molecule has 1 N–H and O–H groups in total. The molecule has 0 fully saturated rings. The average molecular weight is 485 g/mol. The number of ether oxygens (including phenoxy) is 1. The number of rotatable bonds is 8. The first kappa shape index (κ1) is 25.1. The Hall–Kier alpha value is -3.50. The number of sulfonamides is 1. The fourth-order valence-corrected chi connectivity index (χ4v) is 4.60. The number of nitrogens with zero attached hydrogens (tertiary/aromatic N) is 3. The van der Waals surface area contributed by atoms with E-state index in [-0.39, 0.29) is 10.6 Å². The van der Waals surface area contributed by atoms with Crippen molar-refractivity contribution in [2.24, 2.45) is 0 Å². The average Bonchev–Trinajstić information content (AvgIpc) is 3.06. The van der Waals surface area contributed by atoms with E-state index in [2.05, 4.69) is 10.4 Å². The lowest BCUT2D eigenvalue weighted by molar-refractivity contribution is -0.119. The summed E-state index contributed by atoms with van der Waals surface area (Å²) >= 11 is 0. The van der Waals surface area contributed by atoms with Crippen LogP contribution in [-0.2, 0) is 26.1 Å². The highest BCUT2D eigenvalue weighted by molar-refractivity contribution is 7.89. The van der Waals surface area contributed by atoms with Gasteiger partial charge in [-0.2, -0.15) is 5.10 Å². The highest BCUT2D eigenvalue weighted by Gasteiger charge is 2.22. The van der Waals surface area contributed by atoms with E-state index >= 15 is 0 Å². The Balaban J connectivity index is 1.67. The fraction of sp³-hybridized carbons (Fsp3) is 0.292. The molecule has 0 atom stereocenters. The Bertz CT molecular complexity index is 1310. The van der Waals surface area contributed by atoms with Crippen molar-refractivity contribution in [2.45, 2.75) is 32.2 Å². The standard InChI is InChI=1S/C24H28N4O5S/c1-16-11-12-20(13-21(16)34(31,32)27(4)5)25-22(29)15-33-24(30)23-17(2)26-28(18(23)3)14-19-9-7-6-8-10-19/h6-13H,14-15H2,1-5H3,(H,25,29). The number of hydrogen-bond donors (Lipinski definition) is 1. The maximum Gasteiger partial charge on any atom is 0.342 e. The smallest absolute Gasteiger partial charge is 0.342 e. The van der Waals surface area contributed by atoms with Gasteiger partial charge in [-0.25, -0.2) is 17.5 Å². The lowest BCUT2D eigenvalue weighted by Crippen LogP contribution is -2.24. The quantitative estimate of drug-likeness (QED) is 0.492. The summed E-state index contributed by atoms with van der Waals surface area (Å²) in [6.45, 7) is 5.15. The molecule has 0 aliphatic rings. The highest BCUT2D eigenvalue weighted by atomic mass is 32.2. The molecule has 1 amide bonds. The monoisotopic (exact) mass is 484 g/mol. The number of amides is 1. The molecule has 34 heavy (non-hydrogen) atoms. The van der Waals surface area contributed by atoms with Crippen LogP contribution in [0.3, 0.4) is 0 Å². The number of nitrogens with one attached hydrogen (secondary N) is 1. The van der Waals surface area contributed by atoms with E-state index in [1.165, 1.54) is 20.2 Å². The summed E-state index contributed by atoms with van der Waals surface area (Å²) in [5, 5.41) is 7.01. The van der Waals surface area contributed by atoms with Crippen LogP contribution in [0.2, 0.25) is 0 Å². The summed E-state index contributed by atoms with van der Waals surface area (Å²) in [7, 11) is -0.798. The van der Waals surface area contributed by atoms with Crippen molar-refractivity contribution < 1.29 is 22.7 Å². The van der Waals surface area contributed by atoms with Gasteiger partial charge in [-0.15, -0.1) is 0 Å². The minimum absolute atomic E-state index is 0.0874. The molecule has 3 rings (SSSR count). The molecule has 0 spiro atoms. The van der Waals surface area contributed by atoms with Crippen molar-refractivity contribution in [1.82, 2.24) is 14.1 Å². The summed E-state index contributed by atoms with van der Waals surface area (Å²) in [6, 6.07) is 14.3. The number of benzene rings is 2. The van der Waals surface area contributed by atoms with Crippen LogP contribution in [0.4, 0.5) is 5.69 Å². The molecule has 0 unspecified atom stereocenters. The molecule has 9 nitrogen and oxygen atoms in total. The summed E-state index contributed by atoms with van der Waals surface area (Å²) in [4.78, 5) is 25.1. The lowest BCUT2D eigenvalue weighted by Gasteiger charge is -2.15. The summed E-state index contributed by atoms with van der Waals surface area (Å²) in [5.41, 5.74) is 3.35. The number of hydrogen-bond acceptors (Lipinski definition) is 6. The van der Waals surface area contributed by atoms with Gasteiger partial charge in [-0.3, -0.25) is 9.48 Å². The van der Waals surface area contributed by atoms with Gasteiger partial charge in [0.15, 0.2) is 6.61 Å². The predicted molar refractivity (Wildman–Crippen MR) is 128 cm³/mol. The minimum Gasteiger partial charge on any atom is -0.452 e. The van der Waals surface area contributed by atoms with E-state index in [9.17, 15) is 18.0 Å². The minimum atomic E-state index is -3.67. The van der Waals surface area contributed by atoms with Crippen molar-refractivity contribution in [3.05, 3.63) is 76.6 Å². The molecule has 2 aromatic carbocycles. The molecule has 0 aliphatic carbocycles. The van der Waals surface area contributed by atoms with Crippen LogP contribution in [0, 0.1) is 20.8 Å². The van der Waals surface area contributed by atoms with E-state index in [1.54, 1.807) is 37.6 Å². The number of carbonyl (C=O) groups excluding carboxylic acids is 2. The lowest BCUT2D eigenvalue weighted by atomic mass is 10.2. The van der Waals surface area contributed by atoms with Crippen molar-refractivity contribution in [3.63, 3.8) is 0 Å². The topological polar surface area (TPSA) is 111 Å². The van der Waals surface area contributed by atoms with E-state index in [1.807, 2.05) is 30.3 Å². The Morgan fingerprint density at radius 1 is 1.06 bits per heavy atom. The van der Waals surface area contributed by atoms with Gasteiger partial charge in [0, 0.05) is 19.8 Å². The van der Waals surface area contributed by atoms with Crippen LogP contribution < -0.4 is 5.32 Å². The zero-order chi connectivity index (χ0) is 25.0. The van der Waals surface area contributed by atoms with Gasteiger partial charge >= 0.3 is 5.97 Å². The van der Waals surface area contributed by atoms with Crippen LogP contribution in [0.15, 0.2) is 53.4 Å². The zero-order valence-electron chi connectivity index (χ0n) is 19.8. The second kappa shape index (κ2) is 10.2. The molecule has 3 aromatic rings. The molecule has 0 saturated heterocycles. The third-order valence-electron chi connectivity index (χ3n) is 5.33. The number of esters is 1. The Labute approximate surface area is 199 Å². The van der Waals surface area contributed by atoms with E-state index in [0.29, 0.717) is 29.1 Å². The van der Waals surface area contributed by atoms with Crippen molar-refractivity contribution >= 4 is 27.6 Å². The second-order valence-corrected chi connectivity index (χ2v) is 10.2. The molecule has 180 valence electrons.